The van der Waals surface area contributed by atoms with Crippen LogP contribution in [-0.2, 0) is 0 Å². The van der Waals surface area contributed by atoms with Crippen molar-refractivity contribution in [3.05, 3.63) is 77.1 Å². The fourth-order valence-corrected chi connectivity index (χ4v) is 6.64. The molecular weight excluding hydrogens is 628 g/mol. The fraction of sp³-hybridized carbons (Fsp3) is 0.297. The summed E-state index contributed by atoms with van der Waals surface area (Å²) in [5.74, 6) is 2.99. The van der Waals surface area contributed by atoms with E-state index in [1.54, 1.807) is 47.4 Å². The number of carbonyl (C=O) groups is 2. The lowest BCUT2D eigenvalue weighted by molar-refractivity contribution is 0.0809. The first kappa shape index (κ1) is 30.5. The Labute approximate surface area is 282 Å². The molecule has 0 N–H and O–H groups in total. The van der Waals surface area contributed by atoms with E-state index < -0.39 is 0 Å². The molecule has 0 aromatic heterocycles. The number of hydrogen-bond donors (Lipinski definition) is 0. The highest BCUT2D eigenvalue weighted by atomic mass is 16.7. The molecule has 49 heavy (non-hydrogen) atoms. The van der Waals surface area contributed by atoms with Gasteiger partial charge in [-0.05, 0) is 48.7 Å². The minimum absolute atomic E-state index is 0.0877. The van der Waals surface area contributed by atoms with Gasteiger partial charge in [0.25, 0.3) is 11.8 Å². The Morgan fingerprint density at radius 1 is 0.735 bits per heavy atom. The second-order valence-electron chi connectivity index (χ2n) is 12.3. The van der Waals surface area contributed by atoms with E-state index >= 15 is 0 Å². The molecule has 0 fully saturated rings. The summed E-state index contributed by atoms with van der Waals surface area (Å²) in [6.45, 7) is 2.85. The van der Waals surface area contributed by atoms with Crippen LogP contribution in [0, 0.1) is 0 Å². The number of fused-ring (bicyclic) bond motifs is 5. The van der Waals surface area contributed by atoms with Crippen molar-refractivity contribution in [1.29, 1.82) is 0 Å². The zero-order valence-electron chi connectivity index (χ0n) is 27.3. The molecule has 3 aromatic rings. The number of hydrogen-bond acceptors (Lipinski definition) is 10. The minimum atomic E-state index is -0.222. The van der Waals surface area contributed by atoms with Crippen LogP contribution >= 0.6 is 0 Å². The zero-order valence-corrected chi connectivity index (χ0v) is 27.3. The molecule has 2 atom stereocenters. The van der Waals surface area contributed by atoms with Gasteiger partial charge in [0, 0.05) is 49.8 Å². The Morgan fingerprint density at radius 2 is 1.33 bits per heavy atom. The van der Waals surface area contributed by atoms with E-state index in [1.807, 2.05) is 43.7 Å². The maximum Gasteiger partial charge on any atom is 0.260 e. The number of benzene rings is 3. The van der Waals surface area contributed by atoms with Crippen LogP contribution in [0.1, 0.15) is 52.5 Å². The standard InChI is InChI=1S/C37H34N4O8/c1-21-9-24-16-38-28-14-34(31(44-2)12-26(28)36(42)40(24)18-21)46-7-4-8-47-35-15-29-27(13-32(35)45-3)37(43)41-19-23(10-25(41)17-39-29)22-5-6-30-33(11-22)49-20-48-30/h5-6,11-19,24-25H,4,7-10,20H2,1-3H3/t24-,25-/m0/s1. The summed E-state index contributed by atoms with van der Waals surface area (Å²) >= 11 is 0. The Kier molecular flexibility index (Phi) is 7.70. The second-order valence-corrected chi connectivity index (χ2v) is 12.3. The summed E-state index contributed by atoms with van der Waals surface area (Å²) in [5.41, 5.74) is 5.08. The summed E-state index contributed by atoms with van der Waals surface area (Å²) < 4.78 is 34.3. The lowest BCUT2D eigenvalue weighted by Gasteiger charge is -2.19. The van der Waals surface area contributed by atoms with Gasteiger partial charge in [-0.25, -0.2) is 0 Å². The Hall–Kier alpha value is -5.78. The summed E-state index contributed by atoms with van der Waals surface area (Å²) in [6.07, 6.45) is 9.30. The molecule has 2 amide bonds. The summed E-state index contributed by atoms with van der Waals surface area (Å²) in [6, 6.07) is 12.3. The van der Waals surface area contributed by atoms with E-state index in [-0.39, 0.29) is 30.7 Å². The smallest absolute Gasteiger partial charge is 0.260 e. The van der Waals surface area contributed by atoms with Crippen molar-refractivity contribution in [2.45, 2.75) is 38.3 Å². The van der Waals surface area contributed by atoms with Crippen LogP contribution in [0.3, 0.4) is 0 Å². The first-order valence-electron chi connectivity index (χ1n) is 16.1. The van der Waals surface area contributed by atoms with Gasteiger partial charge in [0.2, 0.25) is 6.79 Å². The number of nitrogens with zero attached hydrogens (tertiary/aromatic N) is 4. The third-order valence-electron chi connectivity index (χ3n) is 9.14. The van der Waals surface area contributed by atoms with E-state index in [2.05, 4.69) is 4.99 Å². The van der Waals surface area contributed by atoms with E-state index in [0.29, 0.717) is 83.1 Å². The molecule has 0 spiro atoms. The predicted octanol–water partition coefficient (Wildman–Crippen LogP) is 6.09. The van der Waals surface area contributed by atoms with Crippen molar-refractivity contribution in [2.24, 2.45) is 9.98 Å². The molecule has 3 aromatic carbocycles. The van der Waals surface area contributed by atoms with Gasteiger partial charge in [0.15, 0.2) is 34.5 Å². The topological polar surface area (TPSA) is 121 Å². The van der Waals surface area contributed by atoms with Gasteiger partial charge < -0.3 is 38.2 Å². The van der Waals surface area contributed by atoms with Gasteiger partial charge in [0.05, 0.1) is 62.0 Å². The molecule has 0 unspecified atom stereocenters. The van der Waals surface area contributed by atoms with Gasteiger partial charge in [0.1, 0.15) is 0 Å². The Morgan fingerprint density at radius 3 is 1.96 bits per heavy atom. The number of carbonyl (C=O) groups excluding carboxylic acids is 2. The first-order valence-corrected chi connectivity index (χ1v) is 16.1. The molecule has 5 aliphatic heterocycles. The highest BCUT2D eigenvalue weighted by Crippen LogP contribution is 2.42. The molecule has 5 heterocycles. The fourth-order valence-electron chi connectivity index (χ4n) is 6.64. The summed E-state index contributed by atoms with van der Waals surface area (Å²) in [7, 11) is 3.08. The zero-order chi connectivity index (χ0) is 33.6. The molecule has 0 radical (unpaired) electrons. The lowest BCUT2D eigenvalue weighted by Crippen LogP contribution is -2.32. The van der Waals surface area contributed by atoms with Crippen LogP contribution in [0.25, 0.3) is 5.57 Å². The number of rotatable bonds is 9. The largest absolute Gasteiger partial charge is 0.493 e. The number of aliphatic imine (C=N–C) groups is 2. The first-order chi connectivity index (χ1) is 23.9. The lowest BCUT2D eigenvalue weighted by atomic mass is 10.0. The van der Waals surface area contributed by atoms with E-state index in [0.717, 1.165) is 23.1 Å². The van der Waals surface area contributed by atoms with E-state index in [4.69, 9.17) is 33.4 Å². The van der Waals surface area contributed by atoms with Crippen molar-refractivity contribution in [3.8, 4) is 34.5 Å². The molecule has 0 aliphatic carbocycles. The second kappa shape index (κ2) is 12.3. The maximum atomic E-state index is 13.7. The van der Waals surface area contributed by atoms with Crippen molar-refractivity contribution in [3.63, 3.8) is 0 Å². The predicted molar refractivity (Wildman–Crippen MR) is 181 cm³/mol. The number of methoxy groups -OCH3 is 2. The van der Waals surface area contributed by atoms with Crippen molar-refractivity contribution in [1.82, 2.24) is 9.80 Å². The average molecular weight is 663 g/mol. The van der Waals surface area contributed by atoms with Crippen molar-refractivity contribution in [2.75, 3.05) is 34.2 Å². The molecule has 0 saturated heterocycles. The SMILES string of the molecule is COc1cc2c(cc1OCCCOc1cc3c(cc1OC)C(=O)N1C=C(c4ccc5c(c4)OCO5)C[C@H]1C=N3)N=C[C@@H]1CC(C)=CN1C2=O. The summed E-state index contributed by atoms with van der Waals surface area (Å²) in [4.78, 5) is 39.7. The van der Waals surface area contributed by atoms with Gasteiger partial charge >= 0.3 is 0 Å². The number of amides is 2. The molecule has 0 bridgehead atoms. The van der Waals surface area contributed by atoms with Crippen LogP contribution in [0.2, 0.25) is 0 Å². The monoisotopic (exact) mass is 662 g/mol. The Bertz CT molecular complexity index is 2000. The molecule has 12 heteroatoms. The Balaban J connectivity index is 0.925. The maximum absolute atomic E-state index is 13.7. The molecule has 0 saturated carbocycles. The highest BCUT2D eigenvalue weighted by Gasteiger charge is 2.34. The van der Waals surface area contributed by atoms with Gasteiger partial charge in [-0.3, -0.25) is 19.6 Å². The third-order valence-corrected chi connectivity index (χ3v) is 9.14. The van der Waals surface area contributed by atoms with Crippen molar-refractivity contribution < 1.29 is 38.0 Å². The number of ether oxygens (including phenoxy) is 6. The average Bonchev–Trinajstić information content (AvgIpc) is 3.83. The normalized spacial score (nSPS) is 19.7. The molecular formula is C37H34N4O8. The van der Waals surface area contributed by atoms with Crippen LogP contribution in [0.15, 0.2) is 70.4 Å². The highest BCUT2D eigenvalue weighted by molar-refractivity contribution is 6.06. The van der Waals surface area contributed by atoms with Crippen LogP contribution in [0.4, 0.5) is 11.4 Å². The third kappa shape index (κ3) is 5.52. The van der Waals surface area contributed by atoms with Crippen LogP contribution in [-0.4, -0.2) is 80.4 Å². The molecule has 5 aliphatic rings. The van der Waals surface area contributed by atoms with Crippen molar-refractivity contribution >= 4 is 41.2 Å². The van der Waals surface area contributed by atoms with Crippen LogP contribution in [0.5, 0.6) is 34.5 Å². The van der Waals surface area contributed by atoms with Crippen LogP contribution < -0.4 is 28.4 Å². The van der Waals surface area contributed by atoms with E-state index in [1.165, 1.54) is 7.11 Å². The summed E-state index contributed by atoms with van der Waals surface area (Å²) in [5, 5.41) is 0. The molecule has 250 valence electrons. The molecule has 12 nitrogen and oxygen atoms in total. The quantitative estimate of drug-likeness (QED) is 0.253. The minimum Gasteiger partial charge on any atom is -0.493 e. The van der Waals surface area contributed by atoms with Gasteiger partial charge in [-0.15, -0.1) is 0 Å². The van der Waals surface area contributed by atoms with Gasteiger partial charge in [-0.2, -0.15) is 0 Å². The molecule has 8 rings (SSSR count). The van der Waals surface area contributed by atoms with E-state index in [9.17, 15) is 9.59 Å². The van der Waals surface area contributed by atoms with Gasteiger partial charge in [-0.1, -0.05) is 11.6 Å².